The molecule has 0 aliphatic rings. The number of ether oxygens (including phenoxy) is 2. The average molecular weight is 274 g/mol. The van der Waals surface area contributed by atoms with Gasteiger partial charge in [0.1, 0.15) is 17.9 Å². The van der Waals surface area contributed by atoms with Gasteiger partial charge in [0.2, 0.25) is 5.76 Å². The molecular formula is C15H14O5. The third-order valence-corrected chi connectivity index (χ3v) is 2.55. The van der Waals surface area contributed by atoms with Crippen molar-refractivity contribution in [2.45, 2.75) is 6.92 Å². The van der Waals surface area contributed by atoms with Crippen molar-refractivity contribution >= 4 is 16.9 Å². The molecule has 1 heterocycles. The number of fused-ring (bicyclic) bond motifs is 1. The van der Waals surface area contributed by atoms with Gasteiger partial charge in [-0.3, -0.25) is 4.79 Å². The van der Waals surface area contributed by atoms with E-state index in [-0.39, 0.29) is 23.4 Å². The van der Waals surface area contributed by atoms with Crippen LogP contribution in [-0.4, -0.2) is 19.2 Å². The predicted octanol–water partition coefficient (Wildman–Crippen LogP) is 2.53. The summed E-state index contributed by atoms with van der Waals surface area (Å²) in [5, 5.41) is 0.379. The summed E-state index contributed by atoms with van der Waals surface area (Å²) in [4.78, 5) is 23.5. The van der Waals surface area contributed by atoms with Gasteiger partial charge in [-0.25, -0.2) is 4.79 Å². The van der Waals surface area contributed by atoms with Gasteiger partial charge in [-0.1, -0.05) is 12.7 Å². The molecule has 20 heavy (non-hydrogen) atoms. The van der Waals surface area contributed by atoms with E-state index in [1.54, 1.807) is 31.2 Å². The topological polar surface area (TPSA) is 65.7 Å². The smallest absolute Gasteiger partial charge is 0.374 e. The minimum Gasteiger partial charge on any atom is -0.489 e. The Morgan fingerprint density at radius 2 is 2.20 bits per heavy atom. The quantitative estimate of drug-likeness (QED) is 0.619. The van der Waals surface area contributed by atoms with Crippen molar-refractivity contribution in [2.24, 2.45) is 0 Å². The first-order valence-corrected chi connectivity index (χ1v) is 6.14. The van der Waals surface area contributed by atoms with Gasteiger partial charge in [0, 0.05) is 12.1 Å². The van der Waals surface area contributed by atoms with Crippen LogP contribution in [-0.2, 0) is 4.74 Å². The van der Waals surface area contributed by atoms with E-state index < -0.39 is 5.97 Å². The summed E-state index contributed by atoms with van der Waals surface area (Å²) < 4.78 is 15.6. The molecule has 0 N–H and O–H groups in total. The molecule has 1 aromatic heterocycles. The van der Waals surface area contributed by atoms with E-state index in [1.165, 1.54) is 0 Å². The summed E-state index contributed by atoms with van der Waals surface area (Å²) in [7, 11) is 0. The second-order valence-corrected chi connectivity index (χ2v) is 3.95. The molecule has 5 nitrogen and oxygen atoms in total. The van der Waals surface area contributed by atoms with Gasteiger partial charge < -0.3 is 13.9 Å². The second-order valence-electron chi connectivity index (χ2n) is 3.95. The SMILES string of the molecule is C=CCOc1ccc2c(=O)cc(C(=O)OCC)oc2c1. The lowest BCUT2D eigenvalue weighted by Gasteiger charge is -2.05. The minimum absolute atomic E-state index is 0.120. The summed E-state index contributed by atoms with van der Waals surface area (Å²) in [6.07, 6.45) is 1.61. The number of hydrogen-bond donors (Lipinski definition) is 0. The molecule has 0 aliphatic carbocycles. The number of rotatable bonds is 5. The van der Waals surface area contributed by atoms with Crippen molar-refractivity contribution in [3.63, 3.8) is 0 Å². The molecule has 5 heteroatoms. The van der Waals surface area contributed by atoms with E-state index in [4.69, 9.17) is 13.9 Å². The lowest BCUT2D eigenvalue weighted by atomic mass is 10.2. The molecule has 0 aliphatic heterocycles. The Hall–Kier alpha value is -2.56. The van der Waals surface area contributed by atoms with E-state index >= 15 is 0 Å². The van der Waals surface area contributed by atoms with E-state index in [2.05, 4.69) is 6.58 Å². The zero-order chi connectivity index (χ0) is 14.5. The van der Waals surface area contributed by atoms with Crippen LogP contribution in [0.3, 0.4) is 0 Å². The first kappa shape index (κ1) is 13.9. The maximum Gasteiger partial charge on any atom is 0.374 e. The molecule has 2 rings (SSSR count). The molecule has 0 saturated heterocycles. The van der Waals surface area contributed by atoms with Crippen molar-refractivity contribution in [1.82, 2.24) is 0 Å². The van der Waals surface area contributed by atoms with Gasteiger partial charge >= 0.3 is 5.97 Å². The monoisotopic (exact) mass is 274 g/mol. The Balaban J connectivity index is 2.47. The Bertz CT molecular complexity index is 699. The predicted molar refractivity (Wildman–Crippen MR) is 74.1 cm³/mol. The maximum atomic E-state index is 11.9. The molecule has 0 spiro atoms. The zero-order valence-electron chi connectivity index (χ0n) is 11.0. The number of hydrogen-bond acceptors (Lipinski definition) is 5. The van der Waals surface area contributed by atoms with E-state index in [0.29, 0.717) is 17.7 Å². The Morgan fingerprint density at radius 1 is 1.40 bits per heavy atom. The fraction of sp³-hybridized carbons (Fsp3) is 0.200. The molecular weight excluding hydrogens is 260 g/mol. The molecule has 1 aromatic carbocycles. The highest BCUT2D eigenvalue weighted by atomic mass is 16.5. The molecule has 104 valence electrons. The van der Waals surface area contributed by atoms with Crippen molar-refractivity contribution in [2.75, 3.05) is 13.2 Å². The molecule has 0 fully saturated rings. The van der Waals surface area contributed by atoms with Gasteiger partial charge in [-0.2, -0.15) is 0 Å². The van der Waals surface area contributed by atoms with Crippen molar-refractivity contribution in [1.29, 1.82) is 0 Å². The summed E-state index contributed by atoms with van der Waals surface area (Å²) >= 11 is 0. The fourth-order valence-electron chi connectivity index (χ4n) is 1.68. The summed E-state index contributed by atoms with van der Waals surface area (Å²) in [6, 6.07) is 5.94. The zero-order valence-corrected chi connectivity index (χ0v) is 11.0. The van der Waals surface area contributed by atoms with Crippen molar-refractivity contribution in [3.05, 3.63) is 52.9 Å². The van der Waals surface area contributed by atoms with Crippen molar-refractivity contribution in [3.8, 4) is 5.75 Å². The maximum absolute atomic E-state index is 11.9. The van der Waals surface area contributed by atoms with Gasteiger partial charge in [0.15, 0.2) is 5.43 Å². The van der Waals surface area contributed by atoms with Crippen LogP contribution < -0.4 is 10.2 Å². The van der Waals surface area contributed by atoms with Crippen LogP contribution >= 0.6 is 0 Å². The molecule has 0 saturated carbocycles. The minimum atomic E-state index is -0.663. The first-order chi connectivity index (χ1) is 9.65. The number of carbonyl (C=O) groups is 1. The highest BCUT2D eigenvalue weighted by Gasteiger charge is 2.13. The van der Waals surface area contributed by atoms with Gasteiger partial charge in [0.05, 0.1) is 12.0 Å². The molecule has 0 atom stereocenters. The number of benzene rings is 1. The second kappa shape index (κ2) is 6.06. The van der Waals surface area contributed by atoms with Crippen LogP contribution in [0, 0.1) is 0 Å². The largest absolute Gasteiger partial charge is 0.489 e. The lowest BCUT2D eigenvalue weighted by Crippen LogP contribution is -2.10. The highest BCUT2D eigenvalue weighted by Crippen LogP contribution is 2.20. The summed E-state index contributed by atoms with van der Waals surface area (Å²) in [5.41, 5.74) is -0.0216. The molecule has 0 unspecified atom stereocenters. The third-order valence-electron chi connectivity index (χ3n) is 2.55. The van der Waals surface area contributed by atoms with Crippen LogP contribution in [0.4, 0.5) is 0 Å². The van der Waals surface area contributed by atoms with E-state index in [9.17, 15) is 9.59 Å². The van der Waals surface area contributed by atoms with Crippen molar-refractivity contribution < 1.29 is 18.7 Å². The fourth-order valence-corrected chi connectivity index (χ4v) is 1.68. The summed E-state index contributed by atoms with van der Waals surface area (Å²) in [6.45, 7) is 5.78. The van der Waals surface area contributed by atoms with Crippen LogP contribution in [0.15, 0.2) is 46.1 Å². The Labute approximate surface area is 115 Å². The molecule has 0 bridgehead atoms. The summed E-state index contributed by atoms with van der Waals surface area (Å²) in [5.74, 6) is -0.254. The van der Waals surface area contributed by atoms with E-state index in [1.807, 2.05) is 0 Å². The van der Waals surface area contributed by atoms with Crippen LogP contribution in [0.25, 0.3) is 11.0 Å². The lowest BCUT2D eigenvalue weighted by molar-refractivity contribution is 0.0490. The van der Waals surface area contributed by atoms with Gasteiger partial charge in [-0.05, 0) is 19.1 Å². The number of esters is 1. The molecule has 2 aromatic rings. The average Bonchev–Trinajstić information content (AvgIpc) is 2.45. The van der Waals surface area contributed by atoms with Crippen LogP contribution in [0.2, 0.25) is 0 Å². The van der Waals surface area contributed by atoms with E-state index in [0.717, 1.165) is 6.07 Å². The Kier molecular flexibility index (Phi) is 4.20. The Morgan fingerprint density at radius 3 is 2.90 bits per heavy atom. The third kappa shape index (κ3) is 2.88. The number of carbonyl (C=O) groups excluding carboxylic acids is 1. The van der Waals surface area contributed by atoms with Crippen LogP contribution in [0.1, 0.15) is 17.5 Å². The molecule has 0 radical (unpaired) electrons. The molecule has 0 amide bonds. The first-order valence-electron chi connectivity index (χ1n) is 6.14. The standard InChI is InChI=1S/C15H14O5/c1-3-7-19-10-5-6-11-12(16)9-14(15(17)18-4-2)20-13(11)8-10/h3,5-6,8-9H,1,4,7H2,2H3. The van der Waals surface area contributed by atoms with Gasteiger partial charge in [-0.15, -0.1) is 0 Å². The normalized spacial score (nSPS) is 10.2. The van der Waals surface area contributed by atoms with Crippen LogP contribution in [0.5, 0.6) is 5.75 Å². The van der Waals surface area contributed by atoms with Gasteiger partial charge in [0.25, 0.3) is 0 Å². The highest BCUT2D eigenvalue weighted by molar-refractivity contribution is 5.89.